The first-order valence-electron chi connectivity index (χ1n) is 9.53. The minimum atomic E-state index is -0.285. The van der Waals surface area contributed by atoms with Gasteiger partial charge in [0, 0.05) is 27.2 Å². The molecule has 0 saturated carbocycles. The highest BCUT2D eigenvalue weighted by atomic mass is 79.9. The van der Waals surface area contributed by atoms with Crippen LogP contribution in [0, 0.1) is 0 Å². The fraction of sp³-hybridized carbons (Fsp3) is 0.450. The molecular formula is C20H28BrN7O. The van der Waals surface area contributed by atoms with Gasteiger partial charge in [0.05, 0.1) is 0 Å². The first-order valence-corrected chi connectivity index (χ1v) is 10.3. The number of nitrogens with zero attached hydrogens (tertiary/aromatic N) is 2. The molecule has 156 valence electrons. The molecule has 6 N–H and O–H groups in total. The molecule has 1 saturated heterocycles. The van der Waals surface area contributed by atoms with Crippen LogP contribution in [0.5, 0.6) is 0 Å². The number of anilines is 3. The summed E-state index contributed by atoms with van der Waals surface area (Å²) in [7, 11) is 0. The van der Waals surface area contributed by atoms with E-state index in [-0.39, 0.29) is 23.0 Å². The first-order chi connectivity index (χ1) is 13.5. The molecule has 1 aliphatic heterocycles. The van der Waals surface area contributed by atoms with E-state index in [0.29, 0.717) is 22.9 Å². The molecule has 2 aromatic rings. The highest BCUT2D eigenvalue weighted by molar-refractivity contribution is 9.10. The fourth-order valence-electron chi connectivity index (χ4n) is 4.02. The van der Waals surface area contributed by atoms with E-state index in [1.807, 2.05) is 0 Å². The number of hydrogen-bond donors (Lipinski definition) is 5. The molecule has 8 nitrogen and oxygen atoms in total. The number of carbonyl (C=O) groups excluding carboxylic acids is 1. The maximum Gasteiger partial charge on any atom is 0.269 e. The predicted molar refractivity (Wildman–Crippen MR) is 120 cm³/mol. The van der Waals surface area contributed by atoms with Crippen LogP contribution in [0.25, 0.3) is 0 Å². The highest BCUT2D eigenvalue weighted by Crippen LogP contribution is 2.32. The molecule has 1 aliphatic rings. The Morgan fingerprint density at radius 1 is 1.10 bits per heavy atom. The Morgan fingerprint density at radius 2 is 1.69 bits per heavy atom. The molecule has 2 heterocycles. The summed E-state index contributed by atoms with van der Waals surface area (Å²) in [6.07, 6.45) is 3.29. The maximum absolute atomic E-state index is 12.3. The lowest BCUT2D eigenvalue weighted by Crippen LogP contribution is -2.60. The van der Waals surface area contributed by atoms with Gasteiger partial charge in [-0.2, -0.15) is 0 Å². The standard InChI is InChI=1S/C20H28BrN7O/c1-19(2)9-14(10-20(3,4)28-19)25-16-15(22)17(24-11-23-16)26-27-18(29)12-5-7-13(21)8-6-12/h5-8,11,14,28H,9-10,22H2,1-4H3,(H,27,29)(H2,23,24,25,26). The molecule has 1 fully saturated rings. The topological polar surface area (TPSA) is 117 Å². The lowest BCUT2D eigenvalue weighted by Gasteiger charge is -2.46. The summed E-state index contributed by atoms with van der Waals surface area (Å²) in [4.78, 5) is 20.7. The largest absolute Gasteiger partial charge is 0.393 e. The van der Waals surface area contributed by atoms with Gasteiger partial charge in [-0.3, -0.25) is 15.6 Å². The molecule has 0 atom stereocenters. The number of halogens is 1. The van der Waals surface area contributed by atoms with Crippen LogP contribution in [0.15, 0.2) is 35.1 Å². The molecule has 1 aromatic heterocycles. The third kappa shape index (κ3) is 5.57. The number of hydrazine groups is 1. The van der Waals surface area contributed by atoms with Crippen LogP contribution in [-0.2, 0) is 0 Å². The van der Waals surface area contributed by atoms with Crippen molar-refractivity contribution in [1.82, 2.24) is 20.7 Å². The van der Waals surface area contributed by atoms with Crippen LogP contribution in [0.1, 0.15) is 50.9 Å². The second-order valence-electron chi connectivity index (χ2n) is 8.71. The van der Waals surface area contributed by atoms with Crippen molar-refractivity contribution in [2.24, 2.45) is 0 Å². The molecule has 1 aromatic carbocycles. The Morgan fingerprint density at radius 3 is 2.31 bits per heavy atom. The first kappa shape index (κ1) is 21.3. The molecule has 0 bridgehead atoms. The van der Waals surface area contributed by atoms with Gasteiger partial charge < -0.3 is 16.4 Å². The zero-order valence-corrected chi connectivity index (χ0v) is 18.7. The Labute approximate surface area is 179 Å². The van der Waals surface area contributed by atoms with E-state index in [1.54, 1.807) is 24.3 Å². The second kappa shape index (κ2) is 8.16. The van der Waals surface area contributed by atoms with Crippen molar-refractivity contribution >= 4 is 39.2 Å². The second-order valence-corrected chi connectivity index (χ2v) is 9.63. The van der Waals surface area contributed by atoms with Gasteiger partial charge in [0.2, 0.25) is 0 Å². The Kier molecular flexibility index (Phi) is 6.00. The molecule has 0 spiro atoms. The maximum atomic E-state index is 12.3. The van der Waals surface area contributed by atoms with Gasteiger partial charge in [-0.1, -0.05) is 15.9 Å². The summed E-state index contributed by atoms with van der Waals surface area (Å²) >= 11 is 3.35. The number of aromatic nitrogens is 2. The molecule has 9 heteroatoms. The van der Waals surface area contributed by atoms with Crippen molar-refractivity contribution in [1.29, 1.82) is 0 Å². The monoisotopic (exact) mass is 461 g/mol. The van der Waals surface area contributed by atoms with E-state index in [2.05, 4.69) is 75.1 Å². The summed E-state index contributed by atoms with van der Waals surface area (Å²) < 4.78 is 0.905. The number of nitrogens with two attached hydrogens (primary N) is 1. The van der Waals surface area contributed by atoms with Crippen molar-refractivity contribution in [3.05, 3.63) is 40.6 Å². The van der Waals surface area contributed by atoms with Crippen molar-refractivity contribution < 1.29 is 4.79 Å². The predicted octanol–water partition coefficient (Wildman–Crippen LogP) is 3.30. The summed E-state index contributed by atoms with van der Waals surface area (Å²) in [6.45, 7) is 8.76. The molecule has 3 rings (SSSR count). The van der Waals surface area contributed by atoms with Crippen LogP contribution in [0.3, 0.4) is 0 Å². The molecule has 0 aliphatic carbocycles. The van der Waals surface area contributed by atoms with Gasteiger partial charge in [-0.25, -0.2) is 9.97 Å². The van der Waals surface area contributed by atoms with Crippen molar-refractivity contribution in [3.8, 4) is 0 Å². The average molecular weight is 462 g/mol. The summed E-state index contributed by atoms with van der Waals surface area (Å²) in [6, 6.07) is 7.26. The summed E-state index contributed by atoms with van der Waals surface area (Å²) in [5.74, 6) is 0.617. The number of benzene rings is 1. The number of amides is 1. The molecule has 0 radical (unpaired) electrons. The van der Waals surface area contributed by atoms with Crippen LogP contribution in [0.4, 0.5) is 17.3 Å². The van der Waals surface area contributed by atoms with E-state index >= 15 is 0 Å². The zero-order chi connectivity index (χ0) is 21.2. The van der Waals surface area contributed by atoms with Gasteiger partial charge in [0.25, 0.3) is 5.91 Å². The minimum Gasteiger partial charge on any atom is -0.393 e. The van der Waals surface area contributed by atoms with E-state index in [4.69, 9.17) is 5.73 Å². The van der Waals surface area contributed by atoms with Crippen molar-refractivity contribution in [2.45, 2.75) is 57.7 Å². The van der Waals surface area contributed by atoms with E-state index in [1.165, 1.54) is 6.33 Å². The smallest absolute Gasteiger partial charge is 0.269 e. The van der Waals surface area contributed by atoms with Gasteiger partial charge in [-0.05, 0) is 64.8 Å². The van der Waals surface area contributed by atoms with Crippen LogP contribution in [-0.4, -0.2) is 33.0 Å². The van der Waals surface area contributed by atoms with Gasteiger partial charge >= 0.3 is 0 Å². The van der Waals surface area contributed by atoms with Gasteiger partial charge in [0.15, 0.2) is 11.6 Å². The zero-order valence-electron chi connectivity index (χ0n) is 17.1. The van der Waals surface area contributed by atoms with Crippen LogP contribution >= 0.6 is 15.9 Å². The van der Waals surface area contributed by atoms with Crippen molar-refractivity contribution in [2.75, 3.05) is 16.5 Å². The lowest BCUT2D eigenvalue weighted by molar-refractivity contribution is 0.0962. The molecule has 0 unspecified atom stereocenters. The van der Waals surface area contributed by atoms with Crippen molar-refractivity contribution in [3.63, 3.8) is 0 Å². The number of nitrogen functional groups attached to an aromatic ring is 1. The molecule has 29 heavy (non-hydrogen) atoms. The number of hydrogen-bond acceptors (Lipinski definition) is 7. The third-order valence-electron chi connectivity index (χ3n) is 4.82. The molecule has 1 amide bonds. The Bertz CT molecular complexity index is 867. The minimum absolute atomic E-state index is 0.000934. The SMILES string of the molecule is CC1(C)CC(Nc2ncnc(NNC(=O)c3ccc(Br)cc3)c2N)CC(C)(C)N1. The van der Waals surface area contributed by atoms with Gasteiger partial charge in [-0.15, -0.1) is 0 Å². The normalized spacial score (nSPS) is 18.1. The number of rotatable bonds is 5. The average Bonchev–Trinajstić information content (AvgIpc) is 2.60. The third-order valence-corrected chi connectivity index (χ3v) is 5.34. The van der Waals surface area contributed by atoms with E-state index < -0.39 is 0 Å². The Balaban J connectivity index is 1.68. The Hall–Kier alpha value is -2.39. The number of piperidine rings is 1. The van der Waals surface area contributed by atoms with Gasteiger partial charge in [0.1, 0.15) is 12.0 Å². The number of carbonyl (C=O) groups is 1. The van der Waals surface area contributed by atoms with E-state index in [0.717, 1.165) is 17.3 Å². The quantitative estimate of drug-likeness (QED) is 0.433. The fourth-order valence-corrected chi connectivity index (χ4v) is 4.28. The van der Waals surface area contributed by atoms with E-state index in [9.17, 15) is 4.79 Å². The van der Waals surface area contributed by atoms with Crippen LogP contribution < -0.4 is 27.2 Å². The number of nitrogens with one attached hydrogen (secondary N) is 4. The summed E-state index contributed by atoms with van der Waals surface area (Å²) in [5, 5.41) is 7.11. The molecular weight excluding hydrogens is 434 g/mol. The highest BCUT2D eigenvalue weighted by Gasteiger charge is 2.37. The lowest BCUT2D eigenvalue weighted by atomic mass is 9.79. The van der Waals surface area contributed by atoms with Crippen LogP contribution in [0.2, 0.25) is 0 Å². The summed E-state index contributed by atoms with van der Waals surface area (Å²) in [5.41, 5.74) is 12.6.